The number of terminal acetylenes is 1. The molecule has 31 heavy (non-hydrogen) atoms. The van der Waals surface area contributed by atoms with Gasteiger partial charge >= 0.3 is 0 Å². The molecule has 0 aliphatic carbocycles. The average Bonchev–Trinajstić information content (AvgIpc) is 2.78. The molecule has 2 aromatic rings. The first-order chi connectivity index (χ1) is 15.0. The lowest BCUT2D eigenvalue weighted by atomic mass is 10.1. The van der Waals surface area contributed by atoms with E-state index in [0.29, 0.717) is 43.6 Å². The van der Waals surface area contributed by atoms with Gasteiger partial charge in [-0.2, -0.15) is 0 Å². The van der Waals surface area contributed by atoms with Gasteiger partial charge in [-0.1, -0.05) is 24.1 Å². The summed E-state index contributed by atoms with van der Waals surface area (Å²) in [4.78, 5) is 16.4. The lowest BCUT2D eigenvalue weighted by Crippen LogP contribution is -2.41. The topological polar surface area (TPSA) is 84.0 Å². The van der Waals surface area contributed by atoms with E-state index in [2.05, 4.69) is 26.9 Å². The van der Waals surface area contributed by atoms with E-state index in [1.54, 1.807) is 31.3 Å². The summed E-state index contributed by atoms with van der Waals surface area (Å²) >= 11 is 0. The predicted octanol–water partition coefficient (Wildman–Crippen LogP) is 2.70. The molecule has 2 rings (SSSR count). The standard InChI is InChI=1S/C24H30N4O3/c1-5-19-8-7-9-21(15-19)28-23(29)17-27-24(25-4)26-16-20-11-10-18(3)14-22(20)31-13-12-30-6-2/h1,7-11,14-15H,6,12-13,16-17H2,2-4H3,(H,28,29)(H2,25,26,27). The SMILES string of the molecule is C#Cc1cccc(NC(=O)CNC(=NC)NCc2ccc(C)cc2OCCOCC)c1. The Hall–Kier alpha value is -3.50. The summed E-state index contributed by atoms with van der Waals surface area (Å²) < 4.78 is 11.2. The highest BCUT2D eigenvalue weighted by Crippen LogP contribution is 2.20. The second-order valence-corrected chi connectivity index (χ2v) is 6.71. The van der Waals surface area contributed by atoms with Gasteiger partial charge in [0.25, 0.3) is 0 Å². The minimum atomic E-state index is -0.201. The number of hydrogen-bond acceptors (Lipinski definition) is 4. The second-order valence-electron chi connectivity index (χ2n) is 6.71. The van der Waals surface area contributed by atoms with E-state index in [9.17, 15) is 4.79 Å². The molecule has 164 valence electrons. The van der Waals surface area contributed by atoms with Crippen molar-refractivity contribution in [2.24, 2.45) is 4.99 Å². The monoisotopic (exact) mass is 422 g/mol. The van der Waals surface area contributed by atoms with Gasteiger partial charge in [0.2, 0.25) is 5.91 Å². The third-order valence-electron chi connectivity index (χ3n) is 4.31. The van der Waals surface area contributed by atoms with E-state index >= 15 is 0 Å². The van der Waals surface area contributed by atoms with Crippen LogP contribution in [0, 0.1) is 19.3 Å². The lowest BCUT2D eigenvalue weighted by molar-refractivity contribution is -0.115. The van der Waals surface area contributed by atoms with Gasteiger partial charge < -0.3 is 25.4 Å². The molecule has 0 unspecified atom stereocenters. The van der Waals surface area contributed by atoms with Gasteiger partial charge in [-0.3, -0.25) is 9.79 Å². The van der Waals surface area contributed by atoms with Crippen LogP contribution in [0.4, 0.5) is 5.69 Å². The van der Waals surface area contributed by atoms with Crippen LogP contribution in [-0.2, 0) is 16.1 Å². The fraction of sp³-hybridized carbons (Fsp3) is 0.333. The van der Waals surface area contributed by atoms with Crippen LogP contribution in [0.25, 0.3) is 0 Å². The van der Waals surface area contributed by atoms with Gasteiger partial charge in [0.1, 0.15) is 12.4 Å². The Kier molecular flexibility index (Phi) is 9.92. The zero-order valence-electron chi connectivity index (χ0n) is 18.3. The number of hydrogen-bond donors (Lipinski definition) is 3. The molecule has 2 aromatic carbocycles. The molecule has 0 atom stereocenters. The molecule has 7 heteroatoms. The molecular weight excluding hydrogens is 392 g/mol. The third kappa shape index (κ3) is 8.41. The summed E-state index contributed by atoms with van der Waals surface area (Å²) in [5, 5.41) is 9.02. The van der Waals surface area contributed by atoms with Crippen LogP contribution in [0.2, 0.25) is 0 Å². The average molecular weight is 423 g/mol. The largest absolute Gasteiger partial charge is 0.491 e. The first-order valence-electron chi connectivity index (χ1n) is 10.2. The maximum Gasteiger partial charge on any atom is 0.243 e. The van der Waals surface area contributed by atoms with Crippen molar-refractivity contribution in [1.29, 1.82) is 0 Å². The molecule has 0 bridgehead atoms. The first kappa shape index (κ1) is 23.8. The molecule has 0 aliphatic rings. The number of guanidine groups is 1. The summed E-state index contributed by atoms with van der Waals surface area (Å²) in [5.41, 5.74) is 3.46. The van der Waals surface area contributed by atoms with Crippen LogP contribution in [0.5, 0.6) is 5.75 Å². The van der Waals surface area contributed by atoms with Crippen LogP contribution in [0.3, 0.4) is 0 Å². The summed E-state index contributed by atoms with van der Waals surface area (Å²) in [6.07, 6.45) is 5.39. The van der Waals surface area contributed by atoms with Crippen LogP contribution in [-0.4, -0.2) is 45.3 Å². The van der Waals surface area contributed by atoms with Gasteiger partial charge in [-0.25, -0.2) is 0 Å². The van der Waals surface area contributed by atoms with E-state index in [-0.39, 0.29) is 12.5 Å². The summed E-state index contributed by atoms with van der Waals surface area (Å²) in [6, 6.07) is 13.2. The van der Waals surface area contributed by atoms with Crippen LogP contribution in [0.15, 0.2) is 47.5 Å². The zero-order chi connectivity index (χ0) is 22.5. The van der Waals surface area contributed by atoms with Gasteiger partial charge in [0.05, 0.1) is 13.2 Å². The second kappa shape index (κ2) is 12.9. The normalized spacial score (nSPS) is 10.8. The van der Waals surface area contributed by atoms with Gasteiger partial charge in [0, 0.05) is 37.0 Å². The smallest absolute Gasteiger partial charge is 0.243 e. The number of nitrogens with one attached hydrogen (secondary N) is 3. The first-order valence-corrected chi connectivity index (χ1v) is 10.2. The molecular formula is C24H30N4O3. The molecule has 0 aromatic heterocycles. The molecule has 0 fully saturated rings. The fourth-order valence-electron chi connectivity index (χ4n) is 2.75. The number of benzene rings is 2. The van der Waals surface area contributed by atoms with Crippen molar-refractivity contribution in [2.45, 2.75) is 20.4 Å². The number of aliphatic imine (C=N–C) groups is 1. The van der Waals surface area contributed by atoms with Crippen LogP contribution >= 0.6 is 0 Å². The molecule has 0 heterocycles. The minimum absolute atomic E-state index is 0.0611. The van der Waals surface area contributed by atoms with Gasteiger partial charge in [-0.05, 0) is 43.7 Å². The Balaban J connectivity index is 1.86. The van der Waals surface area contributed by atoms with Crippen molar-refractivity contribution in [3.8, 4) is 18.1 Å². The maximum absolute atomic E-state index is 12.2. The molecule has 3 N–H and O–H groups in total. The van der Waals surface area contributed by atoms with E-state index in [4.69, 9.17) is 15.9 Å². The summed E-state index contributed by atoms with van der Waals surface area (Å²) in [6.45, 7) is 6.22. The Labute approximate surface area is 184 Å². The van der Waals surface area contributed by atoms with E-state index in [1.807, 2.05) is 32.0 Å². The van der Waals surface area contributed by atoms with E-state index in [0.717, 1.165) is 16.9 Å². The quantitative estimate of drug-likeness (QED) is 0.237. The highest BCUT2D eigenvalue weighted by atomic mass is 16.5. The number of carbonyl (C=O) groups excluding carboxylic acids is 1. The minimum Gasteiger partial charge on any atom is -0.491 e. The van der Waals surface area contributed by atoms with Crippen LogP contribution in [0.1, 0.15) is 23.6 Å². The third-order valence-corrected chi connectivity index (χ3v) is 4.31. The van der Waals surface area contributed by atoms with E-state index in [1.165, 1.54) is 0 Å². The highest BCUT2D eigenvalue weighted by Gasteiger charge is 2.08. The molecule has 0 saturated heterocycles. The van der Waals surface area contributed by atoms with Crippen molar-refractivity contribution in [2.75, 3.05) is 38.7 Å². The summed E-state index contributed by atoms with van der Waals surface area (Å²) in [7, 11) is 1.65. The zero-order valence-corrected chi connectivity index (χ0v) is 18.3. The van der Waals surface area contributed by atoms with E-state index < -0.39 is 0 Å². The Morgan fingerprint density at radius 2 is 2.00 bits per heavy atom. The predicted molar refractivity (Wildman–Crippen MR) is 124 cm³/mol. The van der Waals surface area contributed by atoms with Crippen molar-refractivity contribution >= 4 is 17.6 Å². The number of carbonyl (C=O) groups is 1. The maximum atomic E-state index is 12.2. The number of anilines is 1. The summed E-state index contributed by atoms with van der Waals surface area (Å²) in [5.74, 6) is 3.65. The van der Waals surface area contributed by atoms with Crippen molar-refractivity contribution in [3.05, 3.63) is 59.2 Å². The number of amides is 1. The molecule has 0 aliphatic heterocycles. The van der Waals surface area contributed by atoms with Crippen molar-refractivity contribution < 1.29 is 14.3 Å². The highest BCUT2D eigenvalue weighted by molar-refractivity contribution is 5.95. The number of ether oxygens (including phenoxy) is 2. The Morgan fingerprint density at radius 1 is 1.16 bits per heavy atom. The number of nitrogens with zero attached hydrogens (tertiary/aromatic N) is 1. The van der Waals surface area contributed by atoms with Crippen molar-refractivity contribution in [3.63, 3.8) is 0 Å². The molecule has 1 amide bonds. The Morgan fingerprint density at radius 3 is 2.74 bits per heavy atom. The Bertz CT molecular complexity index is 935. The number of rotatable bonds is 10. The lowest BCUT2D eigenvalue weighted by Gasteiger charge is -2.15. The number of aryl methyl sites for hydroxylation is 1. The van der Waals surface area contributed by atoms with Gasteiger partial charge in [-0.15, -0.1) is 6.42 Å². The molecule has 0 spiro atoms. The molecule has 0 saturated carbocycles. The fourth-order valence-corrected chi connectivity index (χ4v) is 2.75. The van der Waals surface area contributed by atoms with Gasteiger partial charge in [0.15, 0.2) is 5.96 Å². The molecule has 7 nitrogen and oxygen atoms in total. The van der Waals surface area contributed by atoms with Crippen molar-refractivity contribution in [1.82, 2.24) is 10.6 Å². The molecule has 0 radical (unpaired) electrons. The van der Waals surface area contributed by atoms with Crippen LogP contribution < -0.4 is 20.7 Å².